The molecular formula is C23H29ClN4O3. The minimum atomic E-state index is -0.385. The molecule has 8 heteroatoms. The molecule has 1 aliphatic rings. The van der Waals surface area contributed by atoms with E-state index in [4.69, 9.17) is 16.3 Å². The van der Waals surface area contributed by atoms with E-state index in [2.05, 4.69) is 20.9 Å². The Balaban J connectivity index is 1.54. The Labute approximate surface area is 187 Å². The monoisotopic (exact) mass is 444 g/mol. The Morgan fingerprint density at radius 3 is 2.68 bits per heavy atom. The van der Waals surface area contributed by atoms with E-state index in [1.807, 2.05) is 26.0 Å². The molecule has 31 heavy (non-hydrogen) atoms. The quantitative estimate of drug-likeness (QED) is 0.547. The number of urea groups is 1. The van der Waals surface area contributed by atoms with Crippen molar-refractivity contribution in [1.29, 1.82) is 0 Å². The van der Waals surface area contributed by atoms with Crippen molar-refractivity contribution in [3.63, 3.8) is 0 Å². The van der Waals surface area contributed by atoms with E-state index >= 15 is 0 Å². The van der Waals surface area contributed by atoms with Gasteiger partial charge in [-0.15, -0.1) is 0 Å². The molecule has 0 spiro atoms. The predicted octanol–water partition coefficient (Wildman–Crippen LogP) is 4.76. The van der Waals surface area contributed by atoms with Gasteiger partial charge in [0.05, 0.1) is 10.6 Å². The first-order chi connectivity index (χ1) is 14.9. The third-order valence-corrected chi connectivity index (χ3v) is 5.33. The predicted molar refractivity (Wildman–Crippen MR) is 122 cm³/mol. The number of halogens is 1. The van der Waals surface area contributed by atoms with Gasteiger partial charge in [0.2, 0.25) is 5.88 Å². The number of carbonyl (C=O) groups is 2. The number of pyridine rings is 1. The summed E-state index contributed by atoms with van der Waals surface area (Å²) >= 11 is 6.24. The van der Waals surface area contributed by atoms with Crippen LogP contribution in [0.4, 0.5) is 10.5 Å². The molecular weight excluding hydrogens is 416 g/mol. The molecule has 1 aromatic heterocycles. The van der Waals surface area contributed by atoms with Crippen LogP contribution in [0.1, 0.15) is 55.5 Å². The molecule has 0 unspecified atom stereocenters. The van der Waals surface area contributed by atoms with E-state index in [9.17, 15) is 9.59 Å². The zero-order valence-corrected chi connectivity index (χ0v) is 18.7. The molecule has 3 N–H and O–H groups in total. The fourth-order valence-corrected chi connectivity index (χ4v) is 3.62. The molecule has 0 atom stereocenters. The SMILES string of the molecule is CC(C)CNC(=O)c1ccc(NC(=O)NCc2cccnc2OC2CCCC2)cc1Cl. The number of nitrogens with one attached hydrogen (secondary N) is 3. The molecule has 1 fully saturated rings. The molecule has 1 aromatic carbocycles. The van der Waals surface area contributed by atoms with E-state index in [0.717, 1.165) is 18.4 Å². The number of amides is 3. The average Bonchev–Trinajstić information content (AvgIpc) is 3.24. The van der Waals surface area contributed by atoms with Gasteiger partial charge in [-0.1, -0.05) is 31.5 Å². The van der Waals surface area contributed by atoms with Crippen LogP contribution in [0, 0.1) is 5.92 Å². The van der Waals surface area contributed by atoms with Crippen molar-refractivity contribution in [3.05, 3.63) is 52.7 Å². The first kappa shape index (κ1) is 22.9. The summed E-state index contributed by atoms with van der Waals surface area (Å²) in [7, 11) is 0. The Hall–Kier alpha value is -2.80. The lowest BCUT2D eigenvalue weighted by molar-refractivity contribution is 0.0949. The molecule has 3 rings (SSSR count). The second kappa shape index (κ2) is 11.0. The van der Waals surface area contributed by atoms with Gasteiger partial charge in [-0.3, -0.25) is 4.79 Å². The van der Waals surface area contributed by atoms with Crippen LogP contribution >= 0.6 is 11.6 Å². The molecule has 1 saturated carbocycles. The lowest BCUT2D eigenvalue weighted by atomic mass is 10.1. The van der Waals surface area contributed by atoms with Gasteiger partial charge in [0.15, 0.2) is 0 Å². The maximum absolute atomic E-state index is 12.3. The van der Waals surface area contributed by atoms with Gasteiger partial charge in [-0.2, -0.15) is 0 Å². The Kier molecular flexibility index (Phi) is 8.12. The number of hydrogen-bond donors (Lipinski definition) is 3. The van der Waals surface area contributed by atoms with Crippen molar-refractivity contribution in [1.82, 2.24) is 15.6 Å². The fourth-order valence-electron chi connectivity index (χ4n) is 3.35. The number of anilines is 1. The minimum Gasteiger partial charge on any atom is -0.474 e. The van der Waals surface area contributed by atoms with Gasteiger partial charge in [0.25, 0.3) is 5.91 Å². The zero-order valence-electron chi connectivity index (χ0n) is 17.9. The number of ether oxygens (including phenoxy) is 1. The summed E-state index contributed by atoms with van der Waals surface area (Å²) in [4.78, 5) is 28.9. The van der Waals surface area contributed by atoms with Gasteiger partial charge >= 0.3 is 6.03 Å². The lowest BCUT2D eigenvalue weighted by Gasteiger charge is -2.16. The number of aromatic nitrogens is 1. The summed E-state index contributed by atoms with van der Waals surface area (Å²) < 4.78 is 6.00. The largest absolute Gasteiger partial charge is 0.474 e. The molecule has 0 radical (unpaired) electrons. The summed E-state index contributed by atoms with van der Waals surface area (Å²) in [6.45, 7) is 4.88. The van der Waals surface area contributed by atoms with Crippen molar-refractivity contribution in [2.24, 2.45) is 5.92 Å². The molecule has 0 aliphatic heterocycles. The number of rotatable bonds is 8. The molecule has 2 aromatic rings. The van der Waals surface area contributed by atoms with Gasteiger partial charge in [0, 0.05) is 30.5 Å². The molecule has 0 saturated heterocycles. The first-order valence-electron chi connectivity index (χ1n) is 10.7. The van der Waals surface area contributed by atoms with Crippen LogP contribution in [-0.2, 0) is 6.54 Å². The van der Waals surface area contributed by atoms with Gasteiger partial charge in [0.1, 0.15) is 6.10 Å². The summed E-state index contributed by atoms with van der Waals surface area (Å²) in [5.41, 5.74) is 1.69. The van der Waals surface area contributed by atoms with Crippen LogP contribution < -0.4 is 20.7 Å². The summed E-state index contributed by atoms with van der Waals surface area (Å²) in [5.74, 6) is 0.673. The Morgan fingerprint density at radius 2 is 1.97 bits per heavy atom. The van der Waals surface area contributed by atoms with Crippen molar-refractivity contribution in [2.45, 2.75) is 52.2 Å². The number of carbonyl (C=O) groups excluding carboxylic acids is 2. The van der Waals surface area contributed by atoms with E-state index in [1.165, 1.54) is 12.8 Å². The van der Waals surface area contributed by atoms with Crippen molar-refractivity contribution in [3.8, 4) is 5.88 Å². The van der Waals surface area contributed by atoms with Crippen LogP contribution in [0.25, 0.3) is 0 Å². The Bertz CT molecular complexity index is 913. The number of nitrogens with zero attached hydrogens (tertiary/aromatic N) is 1. The van der Waals surface area contributed by atoms with Crippen molar-refractivity contribution < 1.29 is 14.3 Å². The highest BCUT2D eigenvalue weighted by atomic mass is 35.5. The molecule has 1 aliphatic carbocycles. The van der Waals surface area contributed by atoms with Crippen molar-refractivity contribution >= 4 is 29.2 Å². The highest BCUT2D eigenvalue weighted by molar-refractivity contribution is 6.34. The van der Waals surface area contributed by atoms with Crippen molar-refractivity contribution in [2.75, 3.05) is 11.9 Å². The van der Waals surface area contributed by atoms with E-state index in [-0.39, 0.29) is 29.6 Å². The maximum atomic E-state index is 12.3. The van der Waals surface area contributed by atoms with Gasteiger partial charge in [-0.05, 0) is 55.9 Å². The summed E-state index contributed by atoms with van der Waals surface area (Å²) in [6, 6.07) is 8.13. The second-order valence-corrected chi connectivity index (χ2v) is 8.51. The Morgan fingerprint density at radius 1 is 1.19 bits per heavy atom. The number of benzene rings is 1. The smallest absolute Gasteiger partial charge is 0.319 e. The zero-order chi connectivity index (χ0) is 22.2. The van der Waals surface area contributed by atoms with E-state index in [0.29, 0.717) is 29.6 Å². The standard InChI is InChI=1S/C23H29ClN4O3/c1-15(2)13-26-21(29)19-10-9-17(12-20(19)24)28-23(30)27-14-16-6-5-11-25-22(16)31-18-7-3-4-8-18/h5-6,9-12,15,18H,3-4,7-8,13-14H2,1-2H3,(H,26,29)(H2,27,28,30). The molecule has 7 nitrogen and oxygen atoms in total. The van der Waals surface area contributed by atoms with E-state index < -0.39 is 0 Å². The number of hydrogen-bond acceptors (Lipinski definition) is 4. The first-order valence-corrected chi connectivity index (χ1v) is 11.0. The fraction of sp³-hybridized carbons (Fsp3) is 0.435. The van der Waals surface area contributed by atoms with E-state index in [1.54, 1.807) is 24.4 Å². The summed E-state index contributed by atoms with van der Waals surface area (Å²) in [6.07, 6.45) is 6.31. The van der Waals surface area contributed by atoms with Crippen LogP contribution in [-0.4, -0.2) is 29.6 Å². The molecule has 3 amide bonds. The lowest BCUT2D eigenvalue weighted by Crippen LogP contribution is -2.29. The topological polar surface area (TPSA) is 92.4 Å². The average molecular weight is 445 g/mol. The molecule has 0 bridgehead atoms. The molecule has 1 heterocycles. The van der Waals surface area contributed by atoms with Gasteiger partial charge < -0.3 is 20.7 Å². The van der Waals surface area contributed by atoms with Crippen LogP contribution in [0.5, 0.6) is 5.88 Å². The van der Waals surface area contributed by atoms with Crippen LogP contribution in [0.2, 0.25) is 5.02 Å². The minimum absolute atomic E-state index is 0.195. The van der Waals surface area contributed by atoms with Gasteiger partial charge in [-0.25, -0.2) is 9.78 Å². The third kappa shape index (κ3) is 6.85. The highest BCUT2D eigenvalue weighted by Gasteiger charge is 2.19. The second-order valence-electron chi connectivity index (χ2n) is 8.10. The van der Waals surface area contributed by atoms with Crippen LogP contribution in [0.15, 0.2) is 36.5 Å². The maximum Gasteiger partial charge on any atom is 0.319 e. The van der Waals surface area contributed by atoms with Crippen LogP contribution in [0.3, 0.4) is 0 Å². The highest BCUT2D eigenvalue weighted by Crippen LogP contribution is 2.25. The molecule has 166 valence electrons. The third-order valence-electron chi connectivity index (χ3n) is 5.01. The normalized spacial score (nSPS) is 13.8. The summed E-state index contributed by atoms with van der Waals surface area (Å²) in [5, 5.41) is 8.65.